The Morgan fingerprint density at radius 3 is 2.72 bits per heavy atom. The summed E-state index contributed by atoms with van der Waals surface area (Å²) in [4.78, 5) is 14.5. The van der Waals surface area contributed by atoms with Crippen LogP contribution in [0, 0.1) is 0 Å². The van der Waals surface area contributed by atoms with Crippen LogP contribution in [0.2, 0.25) is 5.02 Å². The van der Waals surface area contributed by atoms with Gasteiger partial charge < -0.3 is 15.6 Å². The third-order valence-corrected chi connectivity index (χ3v) is 4.19. The van der Waals surface area contributed by atoms with E-state index in [-0.39, 0.29) is 11.4 Å². The zero-order valence-electron chi connectivity index (χ0n) is 14.6. The molecule has 0 aliphatic carbocycles. The molecule has 0 atom stereocenters. The summed E-state index contributed by atoms with van der Waals surface area (Å²) in [5, 5.41) is 14.9. The molecule has 7 nitrogen and oxygen atoms in total. The lowest BCUT2D eigenvalue weighted by Gasteiger charge is -2.14. The van der Waals surface area contributed by atoms with Crippen LogP contribution in [-0.4, -0.2) is 32.9 Å². The molecule has 1 aromatic carbocycles. The van der Waals surface area contributed by atoms with E-state index in [1.807, 2.05) is 24.3 Å². The van der Waals surface area contributed by atoms with Crippen molar-refractivity contribution in [1.82, 2.24) is 30.4 Å². The van der Waals surface area contributed by atoms with E-state index in [9.17, 15) is 4.79 Å². The summed E-state index contributed by atoms with van der Waals surface area (Å²) in [7, 11) is 1.58. The number of H-pyrrole nitrogens is 1. The monoisotopic (exact) mass is 360 g/mol. The van der Waals surface area contributed by atoms with Gasteiger partial charge in [-0.05, 0) is 11.6 Å². The van der Waals surface area contributed by atoms with Crippen molar-refractivity contribution < 1.29 is 4.79 Å². The first kappa shape index (κ1) is 17.3. The van der Waals surface area contributed by atoms with E-state index in [0.29, 0.717) is 23.0 Å². The minimum Gasteiger partial charge on any atom is -0.341 e. The zero-order valence-corrected chi connectivity index (χ0v) is 15.4. The van der Waals surface area contributed by atoms with Crippen LogP contribution in [0.4, 0.5) is 4.79 Å². The highest BCUT2D eigenvalue weighted by atomic mass is 35.5. The van der Waals surface area contributed by atoms with Gasteiger partial charge in [0.25, 0.3) is 0 Å². The average Bonchev–Trinajstić information content (AvgIpc) is 3.12. The number of rotatable bonds is 3. The third kappa shape index (κ3) is 3.46. The topological polar surface area (TPSA) is 87.1 Å². The van der Waals surface area contributed by atoms with Gasteiger partial charge in [0.05, 0.1) is 5.69 Å². The van der Waals surface area contributed by atoms with Crippen LogP contribution < -0.4 is 10.6 Å². The smallest absolute Gasteiger partial charge is 0.314 e. The highest BCUT2D eigenvalue weighted by Crippen LogP contribution is 2.31. The normalized spacial score (nSPS) is 11.7. The summed E-state index contributed by atoms with van der Waals surface area (Å²) >= 11 is 6.47. The molecule has 3 aromatic rings. The van der Waals surface area contributed by atoms with Gasteiger partial charge in [-0.2, -0.15) is 5.10 Å². The number of benzene rings is 1. The first-order chi connectivity index (χ1) is 11.8. The van der Waals surface area contributed by atoms with Gasteiger partial charge in [0.1, 0.15) is 5.02 Å². The van der Waals surface area contributed by atoms with Crippen molar-refractivity contribution in [3.63, 3.8) is 0 Å². The van der Waals surface area contributed by atoms with Crippen LogP contribution in [0.15, 0.2) is 24.3 Å². The second-order valence-corrected chi connectivity index (χ2v) is 7.24. The fourth-order valence-corrected chi connectivity index (χ4v) is 2.95. The molecule has 0 saturated heterocycles. The first-order valence-corrected chi connectivity index (χ1v) is 8.37. The van der Waals surface area contributed by atoms with E-state index in [0.717, 1.165) is 16.8 Å². The molecule has 2 aromatic heterocycles. The molecule has 0 saturated carbocycles. The molecule has 0 spiro atoms. The maximum Gasteiger partial charge on any atom is 0.314 e. The van der Waals surface area contributed by atoms with Crippen LogP contribution in [-0.2, 0) is 12.0 Å². The third-order valence-electron chi connectivity index (χ3n) is 3.83. The fourth-order valence-electron chi connectivity index (χ4n) is 2.51. The van der Waals surface area contributed by atoms with E-state index in [2.05, 4.69) is 46.6 Å². The largest absolute Gasteiger partial charge is 0.341 e. The van der Waals surface area contributed by atoms with E-state index in [4.69, 9.17) is 11.6 Å². The molecule has 0 aliphatic rings. The van der Waals surface area contributed by atoms with Crippen LogP contribution in [0.25, 0.3) is 17.0 Å². The zero-order chi connectivity index (χ0) is 18.2. The number of halogens is 1. The lowest BCUT2D eigenvalue weighted by atomic mass is 9.92. The number of nitrogens with zero attached hydrogens (tertiary/aromatic N) is 3. The van der Waals surface area contributed by atoms with Gasteiger partial charge in [0, 0.05) is 24.6 Å². The molecule has 8 heteroatoms. The number of hydrogen-bond acceptors (Lipinski definition) is 3. The SMILES string of the molecule is CNC(=O)NCc1cccc(-c2nn3nc(C(C)(C)C)c(Cl)c3[nH]2)c1. The Morgan fingerprint density at radius 1 is 1.32 bits per heavy atom. The lowest BCUT2D eigenvalue weighted by molar-refractivity contribution is 0.242. The Hall–Kier alpha value is -2.54. The van der Waals surface area contributed by atoms with Crippen LogP contribution >= 0.6 is 11.6 Å². The van der Waals surface area contributed by atoms with E-state index in [1.165, 1.54) is 4.63 Å². The Balaban J connectivity index is 1.91. The Bertz CT molecular complexity index is 921. The summed E-state index contributed by atoms with van der Waals surface area (Å²) in [5.74, 6) is 0.673. The second-order valence-electron chi connectivity index (χ2n) is 6.86. The van der Waals surface area contributed by atoms with Crippen molar-refractivity contribution in [2.75, 3.05) is 7.05 Å². The molecule has 0 unspecified atom stereocenters. The number of urea groups is 1. The molecule has 3 rings (SSSR count). The Morgan fingerprint density at radius 2 is 2.08 bits per heavy atom. The standard InChI is InChI=1S/C17H21ClN6O/c1-17(2,3)13-12(18)15-21-14(23-24(15)22-13)11-7-5-6-10(8-11)9-20-16(25)19-4/h5-8H,9H2,1-4H3,(H,21,23)(H2,19,20,25). The molecular formula is C17H21ClN6O. The van der Waals surface area contributed by atoms with Gasteiger partial charge in [0.15, 0.2) is 11.5 Å². The number of carbonyl (C=O) groups excluding carboxylic acids is 1. The average molecular weight is 361 g/mol. The van der Waals surface area contributed by atoms with Crippen molar-refractivity contribution in [3.8, 4) is 11.4 Å². The van der Waals surface area contributed by atoms with Gasteiger partial charge in [-0.25, -0.2) is 4.79 Å². The molecule has 25 heavy (non-hydrogen) atoms. The van der Waals surface area contributed by atoms with Crippen LogP contribution in [0.5, 0.6) is 0 Å². The Kier molecular flexibility index (Phi) is 4.43. The number of hydrogen-bond donors (Lipinski definition) is 3. The van der Waals surface area contributed by atoms with Crippen molar-refractivity contribution in [2.45, 2.75) is 32.7 Å². The van der Waals surface area contributed by atoms with Crippen molar-refractivity contribution in [3.05, 3.63) is 40.5 Å². The molecule has 132 valence electrons. The molecule has 0 radical (unpaired) electrons. The van der Waals surface area contributed by atoms with E-state index >= 15 is 0 Å². The molecule has 0 fully saturated rings. The maximum absolute atomic E-state index is 11.3. The number of aromatic nitrogens is 4. The van der Waals surface area contributed by atoms with Gasteiger partial charge in [-0.1, -0.05) is 50.6 Å². The number of carbonyl (C=O) groups is 1. The summed E-state index contributed by atoms with van der Waals surface area (Å²) in [5.41, 5.74) is 3.20. The summed E-state index contributed by atoms with van der Waals surface area (Å²) < 4.78 is 1.54. The van der Waals surface area contributed by atoms with Crippen molar-refractivity contribution in [1.29, 1.82) is 0 Å². The van der Waals surface area contributed by atoms with Gasteiger partial charge in [0.2, 0.25) is 0 Å². The highest BCUT2D eigenvalue weighted by Gasteiger charge is 2.25. The van der Waals surface area contributed by atoms with Gasteiger partial charge in [-0.3, -0.25) is 0 Å². The Labute approximate surface area is 150 Å². The first-order valence-electron chi connectivity index (χ1n) is 7.99. The molecule has 3 N–H and O–H groups in total. The highest BCUT2D eigenvalue weighted by molar-refractivity contribution is 6.34. The molecule has 2 heterocycles. The van der Waals surface area contributed by atoms with Crippen LogP contribution in [0.3, 0.4) is 0 Å². The second kappa shape index (κ2) is 6.40. The minimum atomic E-state index is -0.219. The number of fused-ring (bicyclic) bond motifs is 1. The predicted octanol–water partition coefficient (Wildman–Crippen LogP) is 3.10. The lowest BCUT2D eigenvalue weighted by Crippen LogP contribution is -2.32. The summed E-state index contributed by atoms with van der Waals surface area (Å²) in [6.07, 6.45) is 0. The van der Waals surface area contributed by atoms with Crippen molar-refractivity contribution in [2.24, 2.45) is 0 Å². The van der Waals surface area contributed by atoms with Gasteiger partial charge >= 0.3 is 6.03 Å². The van der Waals surface area contributed by atoms with E-state index in [1.54, 1.807) is 7.05 Å². The van der Waals surface area contributed by atoms with Crippen LogP contribution in [0.1, 0.15) is 32.0 Å². The summed E-state index contributed by atoms with van der Waals surface area (Å²) in [6, 6.07) is 7.55. The van der Waals surface area contributed by atoms with E-state index < -0.39 is 0 Å². The molecule has 0 aliphatic heterocycles. The fraction of sp³-hybridized carbons (Fsp3) is 0.353. The van der Waals surface area contributed by atoms with Crippen molar-refractivity contribution >= 4 is 23.3 Å². The molecule has 0 bridgehead atoms. The number of nitrogens with one attached hydrogen (secondary N) is 3. The van der Waals surface area contributed by atoms with Gasteiger partial charge in [-0.15, -0.1) is 9.73 Å². The maximum atomic E-state index is 11.3. The minimum absolute atomic E-state index is 0.156. The quantitative estimate of drug-likeness (QED) is 0.670. The molecule has 2 amide bonds. The molecular weight excluding hydrogens is 340 g/mol. The number of amides is 2. The summed E-state index contributed by atoms with van der Waals surface area (Å²) in [6.45, 7) is 6.61. The predicted molar refractivity (Wildman–Crippen MR) is 97.8 cm³/mol. The number of aromatic amines is 1.